The van der Waals surface area contributed by atoms with Crippen molar-refractivity contribution in [1.82, 2.24) is 4.90 Å². The quantitative estimate of drug-likeness (QED) is 0.740. The van der Waals surface area contributed by atoms with Crippen LogP contribution in [-0.2, 0) is 0 Å². The number of aliphatic hydroxyl groups excluding tert-OH is 1. The van der Waals surface area contributed by atoms with Gasteiger partial charge in [0, 0.05) is 26.2 Å². The molecule has 0 saturated carbocycles. The highest BCUT2D eigenvalue weighted by Gasteiger charge is 2.20. The minimum absolute atomic E-state index is 0. The first-order chi connectivity index (χ1) is 5.36. The number of nitrogens with zero attached hydrogens (tertiary/aromatic N) is 1. The monoisotopic (exact) mass is 230 g/mol. The van der Waals surface area contributed by atoms with E-state index in [1.807, 2.05) is 0 Å². The van der Waals surface area contributed by atoms with Crippen molar-refractivity contribution in [2.75, 3.05) is 32.8 Å². The summed E-state index contributed by atoms with van der Waals surface area (Å²) in [6, 6.07) is 0. The van der Waals surface area contributed by atoms with E-state index in [9.17, 15) is 0 Å². The molecule has 0 radical (unpaired) electrons. The number of hydrogen-bond donors (Lipinski definition) is 2. The summed E-state index contributed by atoms with van der Waals surface area (Å²) in [6.45, 7) is 4.41. The topological polar surface area (TPSA) is 49.5 Å². The summed E-state index contributed by atoms with van der Waals surface area (Å²) in [7, 11) is 0. The van der Waals surface area contributed by atoms with Crippen LogP contribution in [0.5, 0.6) is 0 Å². The Morgan fingerprint density at radius 1 is 1.38 bits per heavy atom. The lowest BCUT2D eigenvalue weighted by Gasteiger charge is -2.13. The molecule has 3 nitrogen and oxygen atoms in total. The minimum Gasteiger partial charge on any atom is -0.396 e. The molecule has 1 fully saturated rings. The van der Waals surface area contributed by atoms with Crippen LogP contribution in [0.25, 0.3) is 0 Å². The Balaban J connectivity index is 0. The van der Waals surface area contributed by atoms with Crippen molar-refractivity contribution in [1.29, 1.82) is 0 Å². The van der Waals surface area contributed by atoms with Crippen LogP contribution < -0.4 is 5.73 Å². The summed E-state index contributed by atoms with van der Waals surface area (Å²) < 4.78 is 0. The Bertz CT molecular complexity index is 104. The third-order valence-corrected chi connectivity index (χ3v) is 2.35. The lowest BCUT2D eigenvalue weighted by molar-refractivity contribution is 0.252. The van der Waals surface area contributed by atoms with E-state index in [0.29, 0.717) is 12.5 Å². The molecule has 0 aromatic rings. The molecular formula is C8H20Cl2N2O. The van der Waals surface area contributed by atoms with Crippen molar-refractivity contribution in [2.24, 2.45) is 11.7 Å². The van der Waals surface area contributed by atoms with Gasteiger partial charge in [-0.3, -0.25) is 0 Å². The van der Waals surface area contributed by atoms with Crippen LogP contribution in [0.3, 0.4) is 0 Å². The standard InChI is InChI=1S/C8H18N2O.2ClH/c9-3-5-10-4-1-8(7-10)2-6-11;;/h8,11H,1-7,9H2;2*1H. The van der Waals surface area contributed by atoms with Crippen LogP contribution in [0.1, 0.15) is 12.8 Å². The van der Waals surface area contributed by atoms with Crippen LogP contribution >= 0.6 is 24.8 Å². The van der Waals surface area contributed by atoms with Gasteiger partial charge in [0.15, 0.2) is 0 Å². The third kappa shape index (κ3) is 5.70. The van der Waals surface area contributed by atoms with Gasteiger partial charge in [-0.2, -0.15) is 0 Å². The number of hydrogen-bond acceptors (Lipinski definition) is 3. The van der Waals surface area contributed by atoms with Crippen molar-refractivity contribution in [2.45, 2.75) is 12.8 Å². The molecule has 1 saturated heterocycles. The van der Waals surface area contributed by atoms with E-state index < -0.39 is 0 Å². The summed E-state index contributed by atoms with van der Waals surface area (Å²) in [5.41, 5.74) is 5.44. The molecule has 13 heavy (non-hydrogen) atoms. The number of aliphatic hydroxyl groups is 1. The molecule has 1 aliphatic heterocycles. The average molecular weight is 231 g/mol. The van der Waals surface area contributed by atoms with E-state index in [2.05, 4.69) is 4.90 Å². The van der Waals surface area contributed by atoms with Gasteiger partial charge in [0.1, 0.15) is 0 Å². The van der Waals surface area contributed by atoms with Crippen LogP contribution in [-0.4, -0.2) is 42.8 Å². The molecule has 0 spiro atoms. The molecule has 0 aromatic heterocycles. The van der Waals surface area contributed by atoms with Gasteiger partial charge in [0.25, 0.3) is 0 Å². The highest BCUT2D eigenvalue weighted by molar-refractivity contribution is 5.85. The first-order valence-electron chi connectivity index (χ1n) is 4.40. The Labute approximate surface area is 92.5 Å². The molecule has 1 aliphatic rings. The van der Waals surface area contributed by atoms with Gasteiger partial charge in [0.2, 0.25) is 0 Å². The largest absolute Gasteiger partial charge is 0.396 e. The van der Waals surface area contributed by atoms with Crippen LogP contribution in [0.2, 0.25) is 0 Å². The summed E-state index contributed by atoms with van der Waals surface area (Å²) in [4.78, 5) is 2.38. The van der Waals surface area contributed by atoms with Gasteiger partial charge in [0.05, 0.1) is 0 Å². The van der Waals surface area contributed by atoms with Gasteiger partial charge >= 0.3 is 0 Å². The second-order valence-corrected chi connectivity index (χ2v) is 3.26. The van der Waals surface area contributed by atoms with E-state index in [-0.39, 0.29) is 24.8 Å². The van der Waals surface area contributed by atoms with Crippen molar-refractivity contribution < 1.29 is 5.11 Å². The van der Waals surface area contributed by atoms with Gasteiger partial charge in [-0.25, -0.2) is 0 Å². The van der Waals surface area contributed by atoms with E-state index in [1.165, 1.54) is 13.0 Å². The van der Waals surface area contributed by atoms with Crippen LogP contribution in [0.4, 0.5) is 0 Å². The molecule has 82 valence electrons. The van der Waals surface area contributed by atoms with Crippen LogP contribution in [0, 0.1) is 5.92 Å². The first kappa shape index (κ1) is 15.9. The fourth-order valence-corrected chi connectivity index (χ4v) is 1.72. The van der Waals surface area contributed by atoms with Crippen LogP contribution in [0.15, 0.2) is 0 Å². The number of rotatable bonds is 4. The lowest BCUT2D eigenvalue weighted by Crippen LogP contribution is -2.27. The van der Waals surface area contributed by atoms with E-state index in [1.54, 1.807) is 0 Å². The lowest BCUT2D eigenvalue weighted by atomic mass is 10.1. The van der Waals surface area contributed by atoms with Gasteiger partial charge < -0.3 is 15.7 Å². The summed E-state index contributed by atoms with van der Waals surface area (Å²) in [6.07, 6.45) is 2.20. The van der Waals surface area contributed by atoms with Gasteiger partial charge in [-0.15, -0.1) is 24.8 Å². The number of halogens is 2. The van der Waals surface area contributed by atoms with E-state index in [4.69, 9.17) is 10.8 Å². The zero-order valence-electron chi connectivity index (χ0n) is 7.82. The Kier molecular flexibility index (Phi) is 11.1. The second-order valence-electron chi connectivity index (χ2n) is 3.26. The third-order valence-electron chi connectivity index (χ3n) is 2.35. The average Bonchev–Trinajstić information content (AvgIpc) is 2.38. The minimum atomic E-state index is 0. The normalized spacial score (nSPS) is 22.2. The molecule has 0 bridgehead atoms. The maximum absolute atomic E-state index is 8.70. The molecule has 0 aromatic carbocycles. The Hall–Kier alpha value is 0.460. The van der Waals surface area contributed by atoms with Crippen molar-refractivity contribution in [3.8, 4) is 0 Å². The number of likely N-dealkylation sites (tertiary alicyclic amines) is 1. The molecule has 0 amide bonds. The summed E-state index contributed by atoms with van der Waals surface area (Å²) >= 11 is 0. The number of nitrogens with two attached hydrogens (primary N) is 1. The maximum atomic E-state index is 8.70. The Morgan fingerprint density at radius 2 is 2.08 bits per heavy atom. The molecular weight excluding hydrogens is 211 g/mol. The fourth-order valence-electron chi connectivity index (χ4n) is 1.72. The maximum Gasteiger partial charge on any atom is 0.0434 e. The SMILES string of the molecule is Cl.Cl.NCCN1CCC(CCO)C1. The zero-order valence-corrected chi connectivity index (χ0v) is 9.45. The fraction of sp³-hybridized carbons (Fsp3) is 1.00. The molecule has 1 heterocycles. The molecule has 3 N–H and O–H groups in total. The summed E-state index contributed by atoms with van der Waals surface area (Å²) in [5, 5.41) is 8.70. The highest BCUT2D eigenvalue weighted by Crippen LogP contribution is 2.17. The van der Waals surface area contributed by atoms with E-state index in [0.717, 1.165) is 26.1 Å². The first-order valence-corrected chi connectivity index (χ1v) is 4.40. The second kappa shape index (κ2) is 9.03. The van der Waals surface area contributed by atoms with Gasteiger partial charge in [-0.05, 0) is 25.3 Å². The molecule has 0 aliphatic carbocycles. The zero-order chi connectivity index (χ0) is 8.10. The van der Waals surface area contributed by atoms with Gasteiger partial charge in [-0.1, -0.05) is 0 Å². The smallest absolute Gasteiger partial charge is 0.0434 e. The molecule has 5 heteroatoms. The predicted molar refractivity (Wildman–Crippen MR) is 59.8 cm³/mol. The predicted octanol–water partition coefficient (Wildman–Crippen LogP) is 0.493. The van der Waals surface area contributed by atoms with E-state index >= 15 is 0 Å². The Morgan fingerprint density at radius 3 is 2.62 bits per heavy atom. The van der Waals surface area contributed by atoms with Crippen molar-refractivity contribution in [3.05, 3.63) is 0 Å². The molecule has 1 rings (SSSR count). The van der Waals surface area contributed by atoms with Crippen molar-refractivity contribution in [3.63, 3.8) is 0 Å². The highest BCUT2D eigenvalue weighted by atomic mass is 35.5. The molecule has 1 unspecified atom stereocenters. The van der Waals surface area contributed by atoms with Crippen molar-refractivity contribution >= 4 is 24.8 Å². The molecule has 1 atom stereocenters. The summed E-state index contributed by atoms with van der Waals surface area (Å²) in [5.74, 6) is 0.714.